The van der Waals surface area contributed by atoms with Gasteiger partial charge < -0.3 is 5.11 Å². The van der Waals surface area contributed by atoms with Crippen molar-refractivity contribution in [2.45, 2.75) is 38.6 Å². The fraction of sp³-hybridized carbons (Fsp3) is 0.889. The monoisotopic (exact) mass is 244 g/mol. The van der Waals surface area contributed by atoms with Crippen LogP contribution in [-0.2, 0) is 4.79 Å². The molecule has 6 heteroatoms. The van der Waals surface area contributed by atoms with E-state index in [-0.39, 0.29) is 5.75 Å². The molecule has 0 amide bonds. The second-order valence-corrected chi connectivity index (χ2v) is 5.53. The number of carboxylic acid groups (broad SMARTS) is 1. The highest BCUT2D eigenvalue weighted by Crippen LogP contribution is 2.32. The highest BCUT2D eigenvalue weighted by Gasteiger charge is 2.33. The molecule has 0 radical (unpaired) electrons. The van der Waals surface area contributed by atoms with Gasteiger partial charge in [0.1, 0.15) is 5.25 Å². The number of aliphatic carboxylic acids is 1. The van der Waals surface area contributed by atoms with Crippen LogP contribution in [0.4, 0.5) is 13.2 Å². The zero-order valence-corrected chi connectivity index (χ0v) is 9.71. The van der Waals surface area contributed by atoms with Crippen molar-refractivity contribution >= 4 is 17.7 Å². The summed E-state index contributed by atoms with van der Waals surface area (Å²) >= 11 is 0.844. The minimum absolute atomic E-state index is 0.211. The van der Waals surface area contributed by atoms with Crippen molar-refractivity contribution < 1.29 is 23.1 Å². The number of carbonyl (C=O) groups is 1. The van der Waals surface area contributed by atoms with Gasteiger partial charge in [-0.2, -0.15) is 13.2 Å². The molecule has 0 aliphatic carbocycles. The van der Waals surface area contributed by atoms with Crippen LogP contribution in [0.2, 0.25) is 0 Å². The number of alkyl halides is 3. The van der Waals surface area contributed by atoms with Gasteiger partial charge >= 0.3 is 12.1 Å². The van der Waals surface area contributed by atoms with Gasteiger partial charge in [-0.15, -0.1) is 11.8 Å². The highest BCUT2D eigenvalue weighted by atomic mass is 32.2. The molecule has 0 rings (SSSR count). The molecule has 0 fully saturated rings. The molecule has 15 heavy (non-hydrogen) atoms. The Morgan fingerprint density at radius 1 is 1.33 bits per heavy atom. The predicted molar refractivity (Wildman–Crippen MR) is 54.0 cm³/mol. The average molecular weight is 244 g/mol. The summed E-state index contributed by atoms with van der Waals surface area (Å²) in [6, 6.07) is 0. The Morgan fingerprint density at radius 2 is 1.80 bits per heavy atom. The van der Waals surface area contributed by atoms with Crippen LogP contribution in [0.15, 0.2) is 0 Å². The largest absolute Gasteiger partial charge is 0.480 e. The Kier molecular flexibility index (Phi) is 4.96. The van der Waals surface area contributed by atoms with E-state index in [1.807, 2.05) is 0 Å². The summed E-state index contributed by atoms with van der Waals surface area (Å²) in [5, 5.41) is 8.03. The molecule has 2 nitrogen and oxygen atoms in total. The van der Waals surface area contributed by atoms with Gasteiger partial charge in [-0.1, -0.05) is 20.8 Å². The number of halogens is 3. The van der Waals surface area contributed by atoms with Gasteiger partial charge in [-0.25, -0.2) is 0 Å². The Morgan fingerprint density at radius 3 is 2.07 bits per heavy atom. The third-order valence-corrected chi connectivity index (χ3v) is 3.36. The molecule has 0 aromatic rings. The lowest BCUT2D eigenvalue weighted by Gasteiger charge is -2.26. The van der Waals surface area contributed by atoms with Crippen LogP contribution >= 0.6 is 11.8 Å². The Balaban J connectivity index is 4.17. The van der Waals surface area contributed by atoms with Crippen molar-refractivity contribution in [2.24, 2.45) is 5.41 Å². The Hall–Kier alpha value is -0.390. The Labute approximate surface area is 91.2 Å². The maximum absolute atomic E-state index is 11.8. The fourth-order valence-electron chi connectivity index (χ4n) is 0.984. The first kappa shape index (κ1) is 14.6. The summed E-state index contributed by atoms with van der Waals surface area (Å²) in [4.78, 5) is 10.8. The molecule has 1 unspecified atom stereocenters. The average Bonchev–Trinajstić information content (AvgIpc) is 1.92. The summed E-state index contributed by atoms with van der Waals surface area (Å²) < 4.78 is 35.5. The number of rotatable bonds is 4. The van der Waals surface area contributed by atoms with Crippen LogP contribution in [0.25, 0.3) is 0 Å². The molecular weight excluding hydrogens is 229 g/mol. The first-order valence-electron chi connectivity index (χ1n) is 4.45. The van der Waals surface area contributed by atoms with E-state index in [9.17, 15) is 18.0 Å². The molecule has 0 spiro atoms. The number of thioether (sulfide) groups is 1. The molecule has 1 N–H and O–H groups in total. The van der Waals surface area contributed by atoms with Crippen LogP contribution in [0.1, 0.15) is 27.2 Å². The summed E-state index contributed by atoms with van der Waals surface area (Å²) in [5.74, 6) is -1.27. The van der Waals surface area contributed by atoms with Gasteiger partial charge in [-0.3, -0.25) is 4.79 Å². The lowest BCUT2D eigenvalue weighted by atomic mass is 9.92. The van der Waals surface area contributed by atoms with Gasteiger partial charge in [-0.05, 0) is 5.41 Å². The zero-order chi connectivity index (χ0) is 12.3. The maximum Gasteiger partial charge on any atom is 0.389 e. The molecule has 0 aromatic heterocycles. The zero-order valence-electron chi connectivity index (χ0n) is 8.89. The topological polar surface area (TPSA) is 37.3 Å². The van der Waals surface area contributed by atoms with E-state index in [1.54, 1.807) is 20.8 Å². The van der Waals surface area contributed by atoms with Crippen molar-refractivity contribution in [2.75, 3.05) is 5.75 Å². The van der Waals surface area contributed by atoms with Crippen molar-refractivity contribution in [1.82, 2.24) is 0 Å². The van der Waals surface area contributed by atoms with Crippen LogP contribution in [0.5, 0.6) is 0 Å². The molecule has 0 heterocycles. The minimum atomic E-state index is -4.21. The van der Waals surface area contributed by atoms with Gasteiger partial charge in [0.2, 0.25) is 0 Å². The van der Waals surface area contributed by atoms with E-state index < -0.39 is 29.2 Å². The van der Waals surface area contributed by atoms with Gasteiger partial charge in [0.05, 0.1) is 6.42 Å². The standard InChI is InChI=1S/C9H15F3O2S/c1-8(2,3)6(7(13)14)15-5-4-9(10,11)12/h6H,4-5H2,1-3H3,(H,13,14). The lowest BCUT2D eigenvalue weighted by molar-refractivity contribution is -0.138. The van der Waals surface area contributed by atoms with Crippen LogP contribution in [0.3, 0.4) is 0 Å². The Bertz CT molecular complexity index is 220. The third kappa shape index (κ3) is 6.65. The molecule has 90 valence electrons. The van der Waals surface area contributed by atoms with Crippen LogP contribution in [0, 0.1) is 5.41 Å². The minimum Gasteiger partial charge on any atom is -0.480 e. The first-order chi connectivity index (χ1) is 6.54. The molecule has 0 aliphatic heterocycles. The van der Waals surface area contributed by atoms with Gasteiger partial charge in [0.15, 0.2) is 0 Å². The molecule has 0 aromatic carbocycles. The number of hydrogen-bond acceptors (Lipinski definition) is 2. The molecule has 0 saturated carbocycles. The second-order valence-electron chi connectivity index (χ2n) is 4.32. The first-order valence-corrected chi connectivity index (χ1v) is 5.50. The van der Waals surface area contributed by atoms with Gasteiger partial charge in [0.25, 0.3) is 0 Å². The van der Waals surface area contributed by atoms with E-state index in [1.165, 1.54) is 0 Å². The van der Waals surface area contributed by atoms with Gasteiger partial charge in [0, 0.05) is 5.75 Å². The summed E-state index contributed by atoms with van der Waals surface area (Å²) in [6.45, 7) is 5.10. The summed E-state index contributed by atoms with van der Waals surface area (Å²) in [6.07, 6.45) is -5.16. The molecular formula is C9H15F3O2S. The fourth-order valence-corrected chi connectivity index (χ4v) is 2.21. The van der Waals surface area contributed by atoms with E-state index in [0.717, 1.165) is 11.8 Å². The predicted octanol–water partition coefficient (Wildman–Crippen LogP) is 3.17. The third-order valence-electron chi connectivity index (χ3n) is 1.68. The van der Waals surface area contributed by atoms with Crippen LogP contribution in [-0.4, -0.2) is 28.3 Å². The van der Waals surface area contributed by atoms with Crippen molar-refractivity contribution in [3.05, 3.63) is 0 Å². The van der Waals surface area contributed by atoms with E-state index >= 15 is 0 Å². The molecule has 1 atom stereocenters. The second kappa shape index (κ2) is 5.09. The van der Waals surface area contributed by atoms with Crippen molar-refractivity contribution in [3.63, 3.8) is 0 Å². The quantitative estimate of drug-likeness (QED) is 0.825. The van der Waals surface area contributed by atoms with Crippen molar-refractivity contribution in [3.8, 4) is 0 Å². The van der Waals surface area contributed by atoms with E-state index in [0.29, 0.717) is 0 Å². The van der Waals surface area contributed by atoms with Crippen LogP contribution < -0.4 is 0 Å². The molecule has 0 aliphatic rings. The molecule has 0 bridgehead atoms. The number of carboxylic acids is 1. The van der Waals surface area contributed by atoms with E-state index in [4.69, 9.17) is 5.11 Å². The highest BCUT2D eigenvalue weighted by molar-refractivity contribution is 8.00. The lowest BCUT2D eigenvalue weighted by Crippen LogP contribution is -2.32. The normalized spacial score (nSPS) is 15.1. The SMILES string of the molecule is CC(C)(C)C(SCCC(F)(F)F)C(=O)O. The smallest absolute Gasteiger partial charge is 0.389 e. The maximum atomic E-state index is 11.8. The van der Waals surface area contributed by atoms with Crippen molar-refractivity contribution in [1.29, 1.82) is 0 Å². The summed E-state index contributed by atoms with van der Waals surface area (Å²) in [5.41, 5.74) is -0.540. The summed E-state index contributed by atoms with van der Waals surface area (Å²) in [7, 11) is 0. The van der Waals surface area contributed by atoms with E-state index in [2.05, 4.69) is 0 Å². The number of hydrogen-bond donors (Lipinski definition) is 1. The molecule has 0 saturated heterocycles.